The lowest BCUT2D eigenvalue weighted by molar-refractivity contribution is -0.138. The molecule has 0 fully saturated rings. The molecular formula is C12H15N3O3. The zero-order valence-corrected chi connectivity index (χ0v) is 9.95. The third-order valence-electron chi connectivity index (χ3n) is 3.24. The Bertz CT molecular complexity index is 501. The molecule has 1 aromatic rings. The molecular weight excluding hydrogens is 234 g/mol. The first kappa shape index (κ1) is 12.4. The number of aliphatic carboxylic acids is 1. The van der Waals surface area contributed by atoms with Crippen LogP contribution in [0.4, 0.5) is 5.69 Å². The number of anilines is 1. The van der Waals surface area contributed by atoms with E-state index < -0.39 is 12.0 Å². The van der Waals surface area contributed by atoms with E-state index >= 15 is 0 Å². The Hall–Kier alpha value is -2.08. The van der Waals surface area contributed by atoms with Gasteiger partial charge in [-0.25, -0.2) is 0 Å². The van der Waals surface area contributed by atoms with Crippen molar-refractivity contribution in [3.63, 3.8) is 0 Å². The number of likely N-dealkylation sites (N-methyl/N-ethyl adjacent to an activating group) is 1. The molecule has 2 unspecified atom stereocenters. The van der Waals surface area contributed by atoms with Crippen LogP contribution >= 0.6 is 0 Å². The summed E-state index contributed by atoms with van der Waals surface area (Å²) in [6.07, 6.45) is 0.204. The fraction of sp³-hybridized carbons (Fsp3) is 0.333. The Balaban J connectivity index is 2.36. The zero-order valence-electron chi connectivity index (χ0n) is 9.95. The summed E-state index contributed by atoms with van der Waals surface area (Å²) in [5.41, 5.74) is 7.41. The minimum absolute atomic E-state index is 0.204. The number of carbonyl (C=O) groups is 1. The number of oxime groups is 1. The van der Waals surface area contributed by atoms with E-state index in [-0.39, 0.29) is 12.3 Å². The van der Waals surface area contributed by atoms with Crippen molar-refractivity contribution in [1.29, 1.82) is 0 Å². The molecule has 1 aromatic carbocycles. The van der Waals surface area contributed by atoms with Crippen molar-refractivity contribution in [3.8, 4) is 0 Å². The molecule has 2 atom stereocenters. The largest absolute Gasteiger partial charge is 0.480 e. The Morgan fingerprint density at radius 3 is 2.83 bits per heavy atom. The molecule has 1 aliphatic heterocycles. The van der Waals surface area contributed by atoms with Crippen molar-refractivity contribution < 1.29 is 15.1 Å². The summed E-state index contributed by atoms with van der Waals surface area (Å²) in [5, 5.41) is 21.2. The maximum Gasteiger partial charge on any atom is 0.320 e. The van der Waals surface area contributed by atoms with Crippen LogP contribution < -0.4 is 10.6 Å². The molecule has 0 aliphatic carbocycles. The van der Waals surface area contributed by atoms with E-state index in [4.69, 9.17) is 16.0 Å². The van der Waals surface area contributed by atoms with Crippen LogP contribution in [-0.4, -0.2) is 35.2 Å². The number of benzene rings is 1. The van der Waals surface area contributed by atoms with Crippen LogP contribution in [0.2, 0.25) is 0 Å². The minimum atomic E-state index is -1.06. The van der Waals surface area contributed by atoms with Crippen LogP contribution in [0.5, 0.6) is 0 Å². The van der Waals surface area contributed by atoms with Crippen molar-refractivity contribution in [2.75, 3.05) is 11.9 Å². The van der Waals surface area contributed by atoms with Gasteiger partial charge in [0.05, 0.1) is 0 Å². The van der Waals surface area contributed by atoms with Gasteiger partial charge in [0.25, 0.3) is 0 Å². The van der Waals surface area contributed by atoms with Crippen molar-refractivity contribution in [2.24, 2.45) is 10.9 Å². The highest BCUT2D eigenvalue weighted by molar-refractivity contribution is 6.08. The lowest BCUT2D eigenvalue weighted by Gasteiger charge is -2.16. The molecule has 0 amide bonds. The summed E-state index contributed by atoms with van der Waals surface area (Å²) < 4.78 is 0. The van der Waals surface area contributed by atoms with Gasteiger partial charge in [-0.2, -0.15) is 0 Å². The summed E-state index contributed by atoms with van der Waals surface area (Å²) in [5.74, 6) is -0.922. The molecule has 0 spiro atoms. The summed E-state index contributed by atoms with van der Waals surface area (Å²) in [4.78, 5) is 12.6. The molecule has 4 N–H and O–H groups in total. The molecule has 2 rings (SSSR count). The second kappa shape index (κ2) is 4.66. The average Bonchev–Trinajstić information content (AvgIpc) is 2.63. The van der Waals surface area contributed by atoms with Gasteiger partial charge < -0.3 is 20.9 Å². The van der Waals surface area contributed by atoms with Gasteiger partial charge in [0.1, 0.15) is 6.04 Å². The SMILES string of the molecule is CN1C(=NO)C(CC(N)C(=O)O)c2ccccc21. The number of amidine groups is 1. The van der Waals surface area contributed by atoms with Crippen molar-refractivity contribution in [2.45, 2.75) is 18.4 Å². The normalized spacial score (nSPS) is 22.0. The van der Waals surface area contributed by atoms with E-state index in [2.05, 4.69) is 5.16 Å². The highest BCUT2D eigenvalue weighted by Gasteiger charge is 2.35. The molecule has 1 heterocycles. The Labute approximate surface area is 104 Å². The quantitative estimate of drug-likeness (QED) is 0.544. The van der Waals surface area contributed by atoms with Crippen molar-refractivity contribution >= 4 is 17.5 Å². The molecule has 0 radical (unpaired) electrons. The predicted molar refractivity (Wildman–Crippen MR) is 67.0 cm³/mol. The Morgan fingerprint density at radius 1 is 1.56 bits per heavy atom. The topological polar surface area (TPSA) is 99.1 Å². The van der Waals surface area contributed by atoms with Crippen LogP contribution in [0.15, 0.2) is 29.4 Å². The van der Waals surface area contributed by atoms with Gasteiger partial charge in [0.15, 0.2) is 5.84 Å². The second-order valence-corrected chi connectivity index (χ2v) is 4.31. The fourth-order valence-electron chi connectivity index (χ4n) is 2.31. The number of fused-ring (bicyclic) bond motifs is 1. The number of rotatable bonds is 3. The fourth-order valence-corrected chi connectivity index (χ4v) is 2.31. The summed E-state index contributed by atoms with van der Waals surface area (Å²) in [6, 6.07) is 6.55. The van der Waals surface area contributed by atoms with Crippen molar-refractivity contribution in [3.05, 3.63) is 29.8 Å². The molecule has 96 valence electrons. The third-order valence-corrected chi connectivity index (χ3v) is 3.24. The second-order valence-electron chi connectivity index (χ2n) is 4.31. The number of nitrogens with zero attached hydrogens (tertiary/aromatic N) is 2. The van der Waals surface area contributed by atoms with Crippen LogP contribution in [0, 0.1) is 0 Å². The number of hydrogen-bond acceptors (Lipinski definition) is 4. The van der Waals surface area contributed by atoms with Gasteiger partial charge in [-0.1, -0.05) is 23.4 Å². The zero-order chi connectivity index (χ0) is 13.3. The molecule has 6 nitrogen and oxygen atoms in total. The number of para-hydroxylation sites is 1. The van der Waals surface area contributed by atoms with Gasteiger partial charge in [-0.3, -0.25) is 4.79 Å². The van der Waals surface area contributed by atoms with Crippen LogP contribution in [-0.2, 0) is 4.79 Å². The highest BCUT2D eigenvalue weighted by Crippen LogP contribution is 2.39. The van der Waals surface area contributed by atoms with Gasteiger partial charge in [-0.15, -0.1) is 0 Å². The Kier molecular flexibility index (Phi) is 3.20. The summed E-state index contributed by atoms with van der Waals surface area (Å²) in [7, 11) is 1.78. The number of carboxylic acids is 1. The van der Waals surface area contributed by atoms with Crippen LogP contribution in [0.1, 0.15) is 17.9 Å². The third kappa shape index (κ3) is 1.91. The van der Waals surface area contributed by atoms with E-state index in [0.717, 1.165) is 11.3 Å². The predicted octanol–water partition coefficient (Wildman–Crippen LogP) is 0.810. The molecule has 0 aromatic heterocycles. The van der Waals surface area contributed by atoms with Gasteiger partial charge in [0, 0.05) is 18.7 Å². The maximum atomic E-state index is 10.8. The molecule has 0 bridgehead atoms. The van der Waals surface area contributed by atoms with E-state index in [1.807, 2.05) is 24.3 Å². The Morgan fingerprint density at radius 2 is 2.22 bits per heavy atom. The van der Waals surface area contributed by atoms with E-state index in [1.165, 1.54) is 0 Å². The first-order chi connectivity index (χ1) is 8.56. The molecule has 6 heteroatoms. The standard InChI is InChI=1S/C12H15N3O3/c1-15-10-5-3-2-4-7(10)8(11(15)14-18)6-9(13)12(16)17/h2-5,8-9,18H,6,13H2,1H3,(H,16,17). The van der Waals surface area contributed by atoms with Gasteiger partial charge in [0.2, 0.25) is 0 Å². The average molecular weight is 249 g/mol. The van der Waals surface area contributed by atoms with Crippen molar-refractivity contribution in [1.82, 2.24) is 0 Å². The summed E-state index contributed by atoms with van der Waals surface area (Å²) >= 11 is 0. The van der Waals surface area contributed by atoms with Gasteiger partial charge in [-0.05, 0) is 18.1 Å². The van der Waals surface area contributed by atoms with E-state index in [1.54, 1.807) is 11.9 Å². The number of carboxylic acid groups (broad SMARTS) is 1. The first-order valence-electron chi connectivity index (χ1n) is 5.59. The smallest absolute Gasteiger partial charge is 0.320 e. The minimum Gasteiger partial charge on any atom is -0.480 e. The number of nitrogens with two attached hydrogens (primary N) is 1. The molecule has 0 saturated carbocycles. The summed E-state index contributed by atoms with van der Waals surface area (Å²) in [6.45, 7) is 0. The monoisotopic (exact) mass is 249 g/mol. The maximum absolute atomic E-state index is 10.8. The van der Waals surface area contributed by atoms with E-state index in [9.17, 15) is 4.79 Å². The molecule has 18 heavy (non-hydrogen) atoms. The molecule has 0 saturated heterocycles. The molecule has 1 aliphatic rings. The van der Waals surface area contributed by atoms with E-state index in [0.29, 0.717) is 5.84 Å². The van der Waals surface area contributed by atoms with Gasteiger partial charge >= 0.3 is 5.97 Å². The lowest BCUT2D eigenvalue weighted by Crippen LogP contribution is -2.34. The van der Waals surface area contributed by atoms with Crippen LogP contribution in [0.3, 0.4) is 0 Å². The van der Waals surface area contributed by atoms with Crippen LogP contribution in [0.25, 0.3) is 0 Å². The first-order valence-corrected chi connectivity index (χ1v) is 5.59. The number of hydrogen-bond donors (Lipinski definition) is 3. The highest BCUT2D eigenvalue weighted by atomic mass is 16.4. The lowest BCUT2D eigenvalue weighted by atomic mass is 9.93.